The van der Waals surface area contributed by atoms with E-state index in [4.69, 9.17) is 39.3 Å². The number of anilines is 1. The molecule has 0 saturated carbocycles. The second kappa shape index (κ2) is 8.23. The summed E-state index contributed by atoms with van der Waals surface area (Å²) in [5.74, 6) is -0.289. The number of carbonyl (C=O) groups is 1. The van der Waals surface area contributed by atoms with Crippen molar-refractivity contribution in [1.82, 2.24) is 5.16 Å². The van der Waals surface area contributed by atoms with Crippen LogP contribution in [0.3, 0.4) is 0 Å². The van der Waals surface area contributed by atoms with E-state index in [0.717, 1.165) is 5.56 Å². The summed E-state index contributed by atoms with van der Waals surface area (Å²) in [4.78, 5) is 12.4. The van der Waals surface area contributed by atoms with Gasteiger partial charge in [-0.05, 0) is 12.1 Å². The van der Waals surface area contributed by atoms with E-state index in [1.807, 2.05) is 30.3 Å². The first-order chi connectivity index (χ1) is 13.0. The predicted octanol–water partition coefficient (Wildman–Crippen LogP) is 5.48. The largest absolute Gasteiger partial charge is 0.356 e. The Balaban J connectivity index is 1.82. The quantitative estimate of drug-likeness (QED) is 0.256. The van der Waals surface area contributed by atoms with Gasteiger partial charge in [0.1, 0.15) is 6.07 Å². The molecule has 3 aromatic rings. The predicted molar refractivity (Wildman–Crippen MR) is 104 cm³/mol. The number of halogens is 3. The Bertz CT molecular complexity index is 1050. The van der Waals surface area contributed by atoms with Gasteiger partial charge >= 0.3 is 0 Å². The summed E-state index contributed by atoms with van der Waals surface area (Å²) in [7, 11) is 0. The van der Waals surface area contributed by atoms with Crippen LogP contribution in [0.2, 0.25) is 15.1 Å². The lowest BCUT2D eigenvalue weighted by molar-refractivity contribution is 0.105. The number of benzene rings is 2. The first-order valence-corrected chi connectivity index (χ1v) is 8.58. The van der Waals surface area contributed by atoms with Crippen LogP contribution in [0.5, 0.6) is 0 Å². The minimum absolute atomic E-state index is 0.0388. The second-order valence-corrected chi connectivity index (χ2v) is 6.40. The molecule has 0 unspecified atom stereocenters. The van der Waals surface area contributed by atoms with E-state index in [9.17, 15) is 10.1 Å². The SMILES string of the molecule is N#C/C(=N\Nc1cc(Cl)c(Cl)c(Cl)c1)C(=O)c1cc(-c2ccccc2)on1. The van der Waals surface area contributed by atoms with Gasteiger partial charge in [0, 0.05) is 11.6 Å². The number of hydrogen-bond donors (Lipinski definition) is 1. The van der Waals surface area contributed by atoms with Crippen molar-refractivity contribution in [2.75, 3.05) is 5.43 Å². The first kappa shape index (κ1) is 18.9. The minimum atomic E-state index is -0.693. The summed E-state index contributed by atoms with van der Waals surface area (Å²) < 4.78 is 5.17. The zero-order valence-electron chi connectivity index (χ0n) is 13.4. The molecular weight excluding hydrogens is 411 g/mol. The average molecular weight is 420 g/mol. The fraction of sp³-hybridized carbons (Fsp3) is 0. The zero-order chi connectivity index (χ0) is 19.4. The van der Waals surface area contributed by atoms with E-state index in [-0.39, 0.29) is 20.8 Å². The minimum Gasteiger partial charge on any atom is -0.356 e. The Kier molecular flexibility index (Phi) is 5.77. The lowest BCUT2D eigenvalue weighted by Crippen LogP contribution is -2.14. The summed E-state index contributed by atoms with van der Waals surface area (Å²) in [6.07, 6.45) is 0. The number of carbonyl (C=O) groups excluding carboxylic acids is 1. The first-order valence-electron chi connectivity index (χ1n) is 7.44. The van der Waals surface area contributed by atoms with Crippen molar-refractivity contribution in [3.05, 3.63) is 69.3 Å². The molecule has 6 nitrogen and oxygen atoms in total. The van der Waals surface area contributed by atoms with Crippen LogP contribution < -0.4 is 5.43 Å². The van der Waals surface area contributed by atoms with Crippen LogP contribution in [0.15, 0.2) is 58.2 Å². The zero-order valence-corrected chi connectivity index (χ0v) is 15.7. The fourth-order valence-corrected chi connectivity index (χ4v) is 2.71. The van der Waals surface area contributed by atoms with Gasteiger partial charge in [-0.2, -0.15) is 10.4 Å². The summed E-state index contributed by atoms with van der Waals surface area (Å²) >= 11 is 17.7. The number of hydrazone groups is 1. The van der Waals surface area contributed by atoms with E-state index in [1.54, 1.807) is 6.07 Å². The normalized spacial score (nSPS) is 11.1. The molecule has 0 saturated heterocycles. The lowest BCUT2D eigenvalue weighted by Gasteiger charge is -2.04. The molecule has 1 N–H and O–H groups in total. The number of aromatic nitrogens is 1. The van der Waals surface area contributed by atoms with Crippen molar-refractivity contribution >= 4 is 52.0 Å². The van der Waals surface area contributed by atoms with Gasteiger partial charge in [-0.1, -0.05) is 70.3 Å². The summed E-state index contributed by atoms with van der Waals surface area (Å²) in [6.45, 7) is 0. The van der Waals surface area contributed by atoms with Crippen LogP contribution in [0.25, 0.3) is 11.3 Å². The van der Waals surface area contributed by atoms with E-state index in [0.29, 0.717) is 11.4 Å². The molecule has 0 aliphatic heterocycles. The van der Waals surface area contributed by atoms with Crippen LogP contribution in [0.1, 0.15) is 10.5 Å². The van der Waals surface area contributed by atoms with Crippen LogP contribution in [-0.4, -0.2) is 16.7 Å². The van der Waals surface area contributed by atoms with Crippen LogP contribution in [-0.2, 0) is 0 Å². The Labute approximate surface area is 168 Å². The van der Waals surface area contributed by atoms with E-state index in [2.05, 4.69) is 15.7 Å². The van der Waals surface area contributed by atoms with Crippen LogP contribution in [0.4, 0.5) is 5.69 Å². The molecule has 0 amide bonds. The van der Waals surface area contributed by atoms with E-state index in [1.165, 1.54) is 18.2 Å². The van der Waals surface area contributed by atoms with Gasteiger partial charge in [-0.25, -0.2) is 0 Å². The number of nitriles is 1. The monoisotopic (exact) mass is 418 g/mol. The highest BCUT2D eigenvalue weighted by molar-refractivity contribution is 6.51. The van der Waals surface area contributed by atoms with Crippen molar-refractivity contribution in [2.24, 2.45) is 5.10 Å². The highest BCUT2D eigenvalue weighted by atomic mass is 35.5. The Hall–Kier alpha value is -2.85. The number of rotatable bonds is 5. The third-order valence-electron chi connectivity index (χ3n) is 3.40. The van der Waals surface area contributed by atoms with Gasteiger partial charge in [0.05, 0.1) is 20.8 Å². The highest BCUT2D eigenvalue weighted by Crippen LogP contribution is 2.33. The number of ketones is 1. The molecule has 0 radical (unpaired) electrons. The van der Waals surface area contributed by atoms with Gasteiger partial charge in [0.15, 0.2) is 11.5 Å². The number of nitrogens with one attached hydrogen (secondary N) is 1. The van der Waals surface area contributed by atoms with E-state index < -0.39 is 11.5 Å². The fourth-order valence-electron chi connectivity index (χ4n) is 2.11. The van der Waals surface area contributed by atoms with Gasteiger partial charge in [-0.15, -0.1) is 0 Å². The maximum absolute atomic E-state index is 12.4. The molecule has 0 atom stereocenters. The van der Waals surface area contributed by atoms with Gasteiger partial charge in [0.25, 0.3) is 0 Å². The molecule has 0 aliphatic rings. The summed E-state index contributed by atoms with van der Waals surface area (Å²) in [5.41, 5.74) is 3.22. The number of Topliss-reactive ketones (excluding diaryl/α,β-unsaturated/α-hetero) is 1. The standard InChI is InChI=1S/C18H9Cl3N4O2/c19-12-6-11(7-13(20)17(12)21)23-24-15(9-22)18(26)14-8-16(27-25-14)10-4-2-1-3-5-10/h1-8,23H/b24-15+. The molecule has 0 aliphatic carbocycles. The van der Waals surface area contributed by atoms with Crippen molar-refractivity contribution < 1.29 is 9.32 Å². The molecular formula is C18H9Cl3N4O2. The molecule has 0 bridgehead atoms. The van der Waals surface area contributed by atoms with Crippen molar-refractivity contribution in [3.8, 4) is 17.4 Å². The van der Waals surface area contributed by atoms with Crippen LogP contribution in [0, 0.1) is 11.3 Å². The van der Waals surface area contributed by atoms with Gasteiger partial charge in [0.2, 0.25) is 11.5 Å². The lowest BCUT2D eigenvalue weighted by atomic mass is 10.1. The van der Waals surface area contributed by atoms with Crippen molar-refractivity contribution in [1.29, 1.82) is 5.26 Å². The maximum atomic E-state index is 12.4. The van der Waals surface area contributed by atoms with Gasteiger partial charge in [-0.3, -0.25) is 10.2 Å². The Morgan fingerprint density at radius 3 is 2.41 bits per heavy atom. The molecule has 1 heterocycles. The molecule has 0 spiro atoms. The third-order valence-corrected chi connectivity index (χ3v) is 4.60. The molecule has 134 valence electrons. The highest BCUT2D eigenvalue weighted by Gasteiger charge is 2.19. The summed E-state index contributed by atoms with van der Waals surface area (Å²) in [6, 6.07) is 15.2. The smallest absolute Gasteiger partial charge is 0.245 e. The third kappa shape index (κ3) is 4.29. The molecule has 2 aromatic carbocycles. The topological polar surface area (TPSA) is 91.3 Å². The van der Waals surface area contributed by atoms with Crippen LogP contribution >= 0.6 is 34.8 Å². The molecule has 1 aromatic heterocycles. The average Bonchev–Trinajstić information content (AvgIpc) is 3.17. The summed E-state index contributed by atoms with van der Waals surface area (Å²) in [5, 5.41) is 17.4. The van der Waals surface area contributed by atoms with Crippen molar-refractivity contribution in [3.63, 3.8) is 0 Å². The van der Waals surface area contributed by atoms with E-state index >= 15 is 0 Å². The van der Waals surface area contributed by atoms with Gasteiger partial charge < -0.3 is 4.52 Å². The Morgan fingerprint density at radius 1 is 1.11 bits per heavy atom. The Morgan fingerprint density at radius 2 is 1.78 bits per heavy atom. The number of hydrogen-bond acceptors (Lipinski definition) is 6. The molecule has 9 heteroatoms. The molecule has 27 heavy (non-hydrogen) atoms. The second-order valence-electron chi connectivity index (χ2n) is 5.21. The number of nitrogens with zero attached hydrogens (tertiary/aromatic N) is 3. The molecule has 3 rings (SSSR count). The maximum Gasteiger partial charge on any atom is 0.245 e. The van der Waals surface area contributed by atoms with Crippen molar-refractivity contribution in [2.45, 2.75) is 0 Å². The molecule has 0 fully saturated rings.